The first-order chi connectivity index (χ1) is 11.6. The maximum atomic E-state index is 6.31. The molecule has 3 rings (SSSR count). The zero-order valence-electron chi connectivity index (χ0n) is 13.7. The second-order valence-electron chi connectivity index (χ2n) is 5.34. The molecule has 0 amide bonds. The largest absolute Gasteiger partial charge is 0.493 e. The second-order valence-corrected chi connectivity index (χ2v) is 5.70. The molecule has 0 aliphatic carbocycles. The molecule has 0 spiro atoms. The molecule has 0 atom stereocenters. The van der Waals surface area contributed by atoms with E-state index < -0.39 is 0 Å². The predicted octanol–water partition coefficient (Wildman–Crippen LogP) is 4.78. The molecule has 0 bridgehead atoms. The topological polar surface area (TPSA) is 44.2 Å². The van der Waals surface area contributed by atoms with Crippen molar-refractivity contribution >= 4 is 34.7 Å². The van der Waals surface area contributed by atoms with Crippen LogP contribution in [-0.2, 0) is 0 Å². The molecule has 2 aromatic carbocycles. The normalized spacial score (nSPS) is 11.2. The highest BCUT2D eigenvalue weighted by atomic mass is 35.5. The molecule has 0 saturated carbocycles. The van der Waals surface area contributed by atoms with Crippen molar-refractivity contribution in [2.24, 2.45) is 0 Å². The fourth-order valence-corrected chi connectivity index (χ4v) is 2.69. The molecule has 0 aliphatic heterocycles. The molecule has 5 heteroatoms. The van der Waals surface area contributed by atoms with E-state index in [1.54, 1.807) is 26.4 Å². The van der Waals surface area contributed by atoms with Crippen LogP contribution in [0.15, 0.2) is 36.4 Å². The summed E-state index contributed by atoms with van der Waals surface area (Å²) < 4.78 is 10.6. The van der Waals surface area contributed by atoms with Gasteiger partial charge in [-0.25, -0.2) is 9.97 Å². The number of aromatic nitrogens is 2. The third kappa shape index (κ3) is 3.34. The minimum Gasteiger partial charge on any atom is -0.493 e. The van der Waals surface area contributed by atoms with Gasteiger partial charge >= 0.3 is 0 Å². The summed E-state index contributed by atoms with van der Waals surface area (Å²) in [5.74, 6) is 1.74. The first-order valence-corrected chi connectivity index (χ1v) is 7.82. The Morgan fingerprint density at radius 2 is 1.71 bits per heavy atom. The Morgan fingerprint density at radius 3 is 2.42 bits per heavy atom. The minimum absolute atomic E-state index is 0.379. The standard InChI is InChI=1S/C19H17ClN2O2/c1-12-5-4-6-13(9-12)7-8-18-21-15-11-17(24-3)16(23-2)10-14(15)19(20)22-18/h4-11H,1-3H3/b8-7+. The van der Waals surface area contributed by atoms with Crippen LogP contribution in [0.4, 0.5) is 0 Å². The van der Waals surface area contributed by atoms with Crippen molar-refractivity contribution < 1.29 is 9.47 Å². The summed E-state index contributed by atoms with van der Waals surface area (Å²) in [6.45, 7) is 2.06. The molecule has 0 unspecified atom stereocenters. The molecule has 0 radical (unpaired) electrons. The van der Waals surface area contributed by atoms with Gasteiger partial charge in [-0.15, -0.1) is 0 Å². The molecule has 0 N–H and O–H groups in total. The van der Waals surface area contributed by atoms with E-state index in [1.165, 1.54) is 5.56 Å². The smallest absolute Gasteiger partial charge is 0.162 e. The molecule has 4 nitrogen and oxygen atoms in total. The number of halogens is 1. The van der Waals surface area contributed by atoms with E-state index in [1.807, 2.05) is 24.3 Å². The van der Waals surface area contributed by atoms with Gasteiger partial charge in [0.25, 0.3) is 0 Å². The summed E-state index contributed by atoms with van der Waals surface area (Å²) in [4.78, 5) is 8.88. The zero-order valence-corrected chi connectivity index (χ0v) is 14.5. The molecule has 1 heterocycles. The Morgan fingerprint density at radius 1 is 0.958 bits per heavy atom. The van der Waals surface area contributed by atoms with Gasteiger partial charge < -0.3 is 9.47 Å². The van der Waals surface area contributed by atoms with Gasteiger partial charge in [0.05, 0.1) is 19.7 Å². The van der Waals surface area contributed by atoms with Gasteiger partial charge in [-0.3, -0.25) is 0 Å². The zero-order chi connectivity index (χ0) is 17.1. The Bertz CT molecular complexity index is 923. The number of fused-ring (bicyclic) bond motifs is 1. The van der Waals surface area contributed by atoms with Crippen LogP contribution in [0.2, 0.25) is 5.15 Å². The molecule has 0 aliphatic rings. The number of methoxy groups -OCH3 is 2. The van der Waals surface area contributed by atoms with Gasteiger partial charge in [0.15, 0.2) is 17.3 Å². The first-order valence-electron chi connectivity index (χ1n) is 7.44. The third-order valence-corrected chi connectivity index (χ3v) is 3.93. The van der Waals surface area contributed by atoms with Crippen molar-refractivity contribution in [1.82, 2.24) is 9.97 Å². The number of rotatable bonds is 4. The number of aryl methyl sites for hydroxylation is 1. The summed E-state index contributed by atoms with van der Waals surface area (Å²) in [5.41, 5.74) is 2.99. The molecule has 122 valence electrons. The molecule has 0 saturated heterocycles. The van der Waals surface area contributed by atoms with E-state index in [0.29, 0.717) is 28.0 Å². The fourth-order valence-electron chi connectivity index (χ4n) is 2.45. The molecule has 0 fully saturated rings. The van der Waals surface area contributed by atoms with Gasteiger partial charge in [-0.05, 0) is 24.6 Å². The average molecular weight is 341 g/mol. The van der Waals surface area contributed by atoms with E-state index in [4.69, 9.17) is 21.1 Å². The highest BCUT2D eigenvalue weighted by Crippen LogP contribution is 2.33. The average Bonchev–Trinajstić information content (AvgIpc) is 2.59. The van der Waals surface area contributed by atoms with Crippen molar-refractivity contribution in [3.8, 4) is 11.5 Å². The Labute approximate surface area is 145 Å². The minimum atomic E-state index is 0.379. The number of ether oxygens (including phenoxy) is 2. The number of benzene rings is 2. The van der Waals surface area contributed by atoms with Gasteiger partial charge in [-0.1, -0.05) is 47.5 Å². The van der Waals surface area contributed by atoms with Gasteiger partial charge in [-0.2, -0.15) is 0 Å². The summed E-state index contributed by atoms with van der Waals surface area (Å²) in [6, 6.07) is 11.8. The number of nitrogens with zero attached hydrogens (tertiary/aromatic N) is 2. The summed E-state index contributed by atoms with van der Waals surface area (Å²) >= 11 is 6.31. The van der Waals surface area contributed by atoms with E-state index in [9.17, 15) is 0 Å². The Hall–Kier alpha value is -2.59. The van der Waals surface area contributed by atoms with Crippen molar-refractivity contribution in [2.45, 2.75) is 6.92 Å². The molecule has 3 aromatic rings. The highest BCUT2D eigenvalue weighted by molar-refractivity contribution is 6.34. The lowest BCUT2D eigenvalue weighted by atomic mass is 10.1. The van der Waals surface area contributed by atoms with Crippen LogP contribution in [0.5, 0.6) is 11.5 Å². The van der Waals surface area contributed by atoms with Crippen LogP contribution in [0.25, 0.3) is 23.1 Å². The van der Waals surface area contributed by atoms with E-state index in [2.05, 4.69) is 29.0 Å². The quantitative estimate of drug-likeness (QED) is 0.641. The van der Waals surface area contributed by atoms with Gasteiger partial charge in [0.1, 0.15) is 5.15 Å². The Balaban J connectivity index is 2.03. The van der Waals surface area contributed by atoms with Crippen LogP contribution < -0.4 is 9.47 Å². The molecule has 1 aromatic heterocycles. The van der Waals surface area contributed by atoms with Crippen LogP contribution in [0, 0.1) is 6.92 Å². The van der Waals surface area contributed by atoms with Crippen LogP contribution in [-0.4, -0.2) is 24.2 Å². The number of hydrogen-bond acceptors (Lipinski definition) is 4. The maximum Gasteiger partial charge on any atom is 0.162 e. The monoisotopic (exact) mass is 340 g/mol. The predicted molar refractivity (Wildman–Crippen MR) is 97.8 cm³/mol. The van der Waals surface area contributed by atoms with Crippen LogP contribution in [0.1, 0.15) is 17.0 Å². The van der Waals surface area contributed by atoms with E-state index in [0.717, 1.165) is 10.9 Å². The van der Waals surface area contributed by atoms with Crippen LogP contribution in [0.3, 0.4) is 0 Å². The summed E-state index contributed by atoms with van der Waals surface area (Å²) in [6.07, 6.45) is 3.81. The van der Waals surface area contributed by atoms with Crippen molar-refractivity contribution in [2.75, 3.05) is 14.2 Å². The van der Waals surface area contributed by atoms with E-state index >= 15 is 0 Å². The lowest BCUT2D eigenvalue weighted by Gasteiger charge is -2.09. The lowest BCUT2D eigenvalue weighted by molar-refractivity contribution is 0.356. The molecular weight excluding hydrogens is 324 g/mol. The SMILES string of the molecule is COc1cc2nc(/C=C/c3cccc(C)c3)nc(Cl)c2cc1OC. The van der Waals surface area contributed by atoms with E-state index in [-0.39, 0.29) is 0 Å². The maximum absolute atomic E-state index is 6.31. The summed E-state index contributed by atoms with van der Waals surface area (Å²) in [7, 11) is 3.17. The Kier molecular flexibility index (Phi) is 4.67. The summed E-state index contributed by atoms with van der Waals surface area (Å²) in [5, 5.41) is 1.10. The second kappa shape index (κ2) is 6.89. The van der Waals surface area contributed by atoms with Crippen molar-refractivity contribution in [1.29, 1.82) is 0 Å². The van der Waals surface area contributed by atoms with Crippen molar-refractivity contribution in [3.63, 3.8) is 0 Å². The fraction of sp³-hybridized carbons (Fsp3) is 0.158. The molecule has 24 heavy (non-hydrogen) atoms. The van der Waals surface area contributed by atoms with Crippen LogP contribution >= 0.6 is 11.6 Å². The van der Waals surface area contributed by atoms with Gasteiger partial charge in [0.2, 0.25) is 0 Å². The van der Waals surface area contributed by atoms with Gasteiger partial charge in [0, 0.05) is 11.5 Å². The lowest BCUT2D eigenvalue weighted by Crippen LogP contribution is -1.95. The highest BCUT2D eigenvalue weighted by Gasteiger charge is 2.11. The third-order valence-electron chi connectivity index (χ3n) is 3.64. The molecular formula is C19H17ClN2O2. The number of hydrogen-bond donors (Lipinski definition) is 0. The first kappa shape index (κ1) is 16.3. The van der Waals surface area contributed by atoms with Crippen molar-refractivity contribution in [3.05, 3.63) is 58.5 Å².